The highest BCUT2D eigenvalue weighted by molar-refractivity contribution is 9.10. The molecule has 0 aliphatic rings. The standard InChI is InChI=1S/C18H13BrO2/c1-12(20)15-10-9-14(11-17(15)19)21-18-8-4-6-13-5-2-3-7-16(13)18/h2-11H,1H3. The number of Topliss-reactive ketones (excluding diaryl/α,β-unsaturated/α-hetero) is 1. The predicted molar refractivity (Wildman–Crippen MR) is 88.2 cm³/mol. The number of rotatable bonds is 3. The molecule has 0 radical (unpaired) electrons. The van der Waals surface area contributed by atoms with Crippen molar-refractivity contribution in [2.24, 2.45) is 0 Å². The van der Waals surface area contributed by atoms with E-state index in [-0.39, 0.29) is 5.78 Å². The van der Waals surface area contributed by atoms with Gasteiger partial charge in [-0.05, 0) is 52.5 Å². The van der Waals surface area contributed by atoms with Crippen LogP contribution in [0.3, 0.4) is 0 Å². The van der Waals surface area contributed by atoms with Crippen molar-refractivity contribution in [2.75, 3.05) is 0 Å². The summed E-state index contributed by atoms with van der Waals surface area (Å²) in [4.78, 5) is 11.4. The van der Waals surface area contributed by atoms with Crippen molar-refractivity contribution >= 4 is 32.5 Å². The first-order chi connectivity index (χ1) is 10.1. The second-order valence-electron chi connectivity index (χ2n) is 4.78. The van der Waals surface area contributed by atoms with E-state index in [4.69, 9.17) is 4.74 Å². The van der Waals surface area contributed by atoms with Crippen molar-refractivity contribution in [2.45, 2.75) is 6.92 Å². The molecule has 0 bridgehead atoms. The fraction of sp³-hybridized carbons (Fsp3) is 0.0556. The summed E-state index contributed by atoms with van der Waals surface area (Å²) in [5, 5.41) is 2.20. The van der Waals surface area contributed by atoms with Crippen LogP contribution in [-0.2, 0) is 0 Å². The van der Waals surface area contributed by atoms with Crippen LogP contribution >= 0.6 is 15.9 Å². The van der Waals surface area contributed by atoms with E-state index in [1.54, 1.807) is 13.0 Å². The molecule has 3 heteroatoms. The average Bonchev–Trinajstić information content (AvgIpc) is 2.47. The summed E-state index contributed by atoms with van der Waals surface area (Å²) in [7, 11) is 0. The Labute approximate surface area is 131 Å². The van der Waals surface area contributed by atoms with Gasteiger partial charge in [0.15, 0.2) is 5.78 Å². The van der Waals surface area contributed by atoms with E-state index >= 15 is 0 Å². The maximum Gasteiger partial charge on any atom is 0.160 e. The van der Waals surface area contributed by atoms with Crippen molar-refractivity contribution in [1.82, 2.24) is 0 Å². The molecule has 3 aromatic carbocycles. The monoisotopic (exact) mass is 340 g/mol. The topological polar surface area (TPSA) is 26.3 Å². The fourth-order valence-electron chi connectivity index (χ4n) is 2.26. The molecule has 0 atom stereocenters. The number of ketones is 1. The van der Waals surface area contributed by atoms with E-state index in [0.29, 0.717) is 11.3 Å². The molecule has 104 valence electrons. The molecule has 0 heterocycles. The van der Waals surface area contributed by atoms with Gasteiger partial charge in [-0.1, -0.05) is 36.4 Å². The van der Waals surface area contributed by atoms with Gasteiger partial charge in [0.25, 0.3) is 0 Å². The van der Waals surface area contributed by atoms with Crippen LogP contribution in [0.2, 0.25) is 0 Å². The van der Waals surface area contributed by atoms with Gasteiger partial charge in [0.2, 0.25) is 0 Å². The normalized spacial score (nSPS) is 10.6. The van der Waals surface area contributed by atoms with Gasteiger partial charge in [-0.25, -0.2) is 0 Å². The van der Waals surface area contributed by atoms with E-state index in [9.17, 15) is 4.79 Å². The lowest BCUT2D eigenvalue weighted by molar-refractivity contribution is 0.101. The molecular weight excluding hydrogens is 328 g/mol. The Balaban J connectivity index is 1.99. The Hall–Kier alpha value is -2.13. The van der Waals surface area contributed by atoms with Gasteiger partial charge in [0, 0.05) is 15.4 Å². The van der Waals surface area contributed by atoms with E-state index < -0.39 is 0 Å². The summed E-state index contributed by atoms with van der Waals surface area (Å²) in [5.74, 6) is 1.53. The van der Waals surface area contributed by atoms with Gasteiger partial charge >= 0.3 is 0 Å². The smallest absolute Gasteiger partial charge is 0.160 e. The minimum Gasteiger partial charge on any atom is -0.457 e. The van der Waals surface area contributed by atoms with Crippen LogP contribution in [0.15, 0.2) is 65.1 Å². The van der Waals surface area contributed by atoms with Gasteiger partial charge in [0.05, 0.1) is 0 Å². The lowest BCUT2D eigenvalue weighted by Gasteiger charge is -2.10. The van der Waals surface area contributed by atoms with Crippen molar-refractivity contribution in [3.05, 3.63) is 70.7 Å². The zero-order valence-electron chi connectivity index (χ0n) is 11.5. The number of ether oxygens (including phenoxy) is 1. The highest BCUT2D eigenvalue weighted by Crippen LogP contribution is 2.32. The first-order valence-electron chi connectivity index (χ1n) is 6.61. The second-order valence-corrected chi connectivity index (χ2v) is 5.63. The minimum atomic E-state index is 0.0265. The van der Waals surface area contributed by atoms with Gasteiger partial charge in [-0.3, -0.25) is 4.79 Å². The summed E-state index contributed by atoms with van der Waals surface area (Å²) in [6.45, 7) is 1.55. The molecule has 0 aliphatic heterocycles. The lowest BCUT2D eigenvalue weighted by Crippen LogP contribution is -1.94. The van der Waals surface area contributed by atoms with Crippen LogP contribution in [-0.4, -0.2) is 5.78 Å². The molecule has 21 heavy (non-hydrogen) atoms. The Morgan fingerprint density at radius 1 is 1.00 bits per heavy atom. The molecule has 0 aromatic heterocycles. The number of benzene rings is 3. The maximum atomic E-state index is 11.4. The quantitative estimate of drug-likeness (QED) is 0.580. The summed E-state index contributed by atoms with van der Waals surface area (Å²) in [6, 6.07) is 19.4. The first-order valence-corrected chi connectivity index (χ1v) is 7.40. The highest BCUT2D eigenvalue weighted by atomic mass is 79.9. The van der Waals surface area contributed by atoms with Crippen LogP contribution in [0.5, 0.6) is 11.5 Å². The molecular formula is C18H13BrO2. The maximum absolute atomic E-state index is 11.4. The van der Waals surface area contributed by atoms with Crippen LogP contribution < -0.4 is 4.74 Å². The molecule has 3 aromatic rings. The molecule has 0 amide bonds. The molecule has 0 aliphatic carbocycles. The van der Waals surface area contributed by atoms with E-state index in [1.807, 2.05) is 42.5 Å². The molecule has 0 spiro atoms. The SMILES string of the molecule is CC(=O)c1ccc(Oc2cccc3ccccc23)cc1Br. The fourth-order valence-corrected chi connectivity index (χ4v) is 2.89. The molecule has 0 saturated carbocycles. The van der Waals surface area contributed by atoms with E-state index in [0.717, 1.165) is 21.0 Å². The zero-order chi connectivity index (χ0) is 14.8. The van der Waals surface area contributed by atoms with Crippen molar-refractivity contribution < 1.29 is 9.53 Å². The van der Waals surface area contributed by atoms with Gasteiger partial charge in [-0.15, -0.1) is 0 Å². The summed E-state index contributed by atoms with van der Waals surface area (Å²) < 4.78 is 6.71. The molecule has 0 saturated heterocycles. The first kappa shape index (κ1) is 13.8. The molecule has 0 N–H and O–H groups in total. The van der Waals surface area contributed by atoms with E-state index in [2.05, 4.69) is 28.1 Å². The number of halogens is 1. The second kappa shape index (κ2) is 5.70. The average molecular weight is 341 g/mol. The van der Waals surface area contributed by atoms with Gasteiger partial charge < -0.3 is 4.74 Å². The number of hydrogen-bond donors (Lipinski definition) is 0. The molecule has 3 rings (SSSR count). The van der Waals surface area contributed by atoms with Crippen molar-refractivity contribution in [3.8, 4) is 11.5 Å². The third kappa shape index (κ3) is 2.83. The minimum absolute atomic E-state index is 0.0265. The summed E-state index contributed by atoms with van der Waals surface area (Å²) >= 11 is 3.41. The van der Waals surface area contributed by atoms with Crippen molar-refractivity contribution in [1.29, 1.82) is 0 Å². The van der Waals surface area contributed by atoms with E-state index in [1.165, 1.54) is 0 Å². The highest BCUT2D eigenvalue weighted by Gasteiger charge is 2.08. The summed E-state index contributed by atoms with van der Waals surface area (Å²) in [6.07, 6.45) is 0. The lowest BCUT2D eigenvalue weighted by atomic mass is 10.1. The Morgan fingerprint density at radius 2 is 1.76 bits per heavy atom. The number of fused-ring (bicyclic) bond motifs is 1. The Kier molecular flexibility index (Phi) is 3.76. The molecule has 0 fully saturated rings. The number of carbonyl (C=O) groups excluding carboxylic acids is 1. The van der Waals surface area contributed by atoms with Gasteiger partial charge in [-0.2, -0.15) is 0 Å². The Morgan fingerprint density at radius 3 is 2.52 bits per heavy atom. The van der Waals surface area contributed by atoms with Crippen LogP contribution in [0, 0.1) is 0 Å². The van der Waals surface area contributed by atoms with Gasteiger partial charge in [0.1, 0.15) is 11.5 Å². The molecule has 0 unspecified atom stereocenters. The predicted octanol–water partition coefficient (Wildman–Crippen LogP) is 5.60. The third-order valence-electron chi connectivity index (χ3n) is 3.30. The number of hydrogen-bond acceptors (Lipinski definition) is 2. The third-order valence-corrected chi connectivity index (χ3v) is 3.95. The van der Waals surface area contributed by atoms with Crippen LogP contribution in [0.1, 0.15) is 17.3 Å². The zero-order valence-corrected chi connectivity index (χ0v) is 13.1. The Bertz CT molecular complexity index is 819. The largest absolute Gasteiger partial charge is 0.457 e. The van der Waals surface area contributed by atoms with Crippen LogP contribution in [0.4, 0.5) is 0 Å². The van der Waals surface area contributed by atoms with Crippen molar-refractivity contribution in [3.63, 3.8) is 0 Å². The molecule has 2 nitrogen and oxygen atoms in total. The van der Waals surface area contributed by atoms with Crippen LogP contribution in [0.25, 0.3) is 10.8 Å². The summed E-state index contributed by atoms with van der Waals surface area (Å²) in [5.41, 5.74) is 0.653. The number of carbonyl (C=O) groups is 1.